The monoisotopic (exact) mass is 264 g/mol. The van der Waals surface area contributed by atoms with Gasteiger partial charge in [0.15, 0.2) is 0 Å². The van der Waals surface area contributed by atoms with Gasteiger partial charge in [-0.2, -0.15) is 0 Å². The molecule has 0 spiro atoms. The van der Waals surface area contributed by atoms with Crippen molar-refractivity contribution in [2.75, 3.05) is 24.5 Å². The van der Waals surface area contributed by atoms with Gasteiger partial charge >= 0.3 is 0 Å². The van der Waals surface area contributed by atoms with Gasteiger partial charge < -0.3 is 20.1 Å². The lowest BCUT2D eigenvalue weighted by Crippen LogP contribution is -2.39. The summed E-state index contributed by atoms with van der Waals surface area (Å²) >= 11 is 0. The molecule has 106 valence electrons. The molecule has 1 aliphatic rings. The minimum absolute atomic E-state index is 0.189. The number of anilines is 1. The summed E-state index contributed by atoms with van der Waals surface area (Å²) < 4.78 is 5.65. The van der Waals surface area contributed by atoms with Gasteiger partial charge in [0.1, 0.15) is 5.75 Å². The number of hydrogen-bond acceptors (Lipinski definition) is 4. The van der Waals surface area contributed by atoms with Crippen LogP contribution < -0.4 is 15.0 Å². The van der Waals surface area contributed by atoms with Crippen LogP contribution in [0.2, 0.25) is 0 Å². The molecule has 4 heteroatoms. The lowest BCUT2D eigenvalue weighted by molar-refractivity contribution is 0.184. The fraction of sp³-hybridized carbons (Fsp3) is 0.600. The second kappa shape index (κ2) is 6.26. The number of hydrogen-bond donors (Lipinski definition) is 2. The highest BCUT2D eigenvalue weighted by atomic mass is 16.5. The van der Waals surface area contributed by atoms with E-state index in [0.717, 1.165) is 18.0 Å². The summed E-state index contributed by atoms with van der Waals surface area (Å²) in [4.78, 5) is 2.24. The molecule has 19 heavy (non-hydrogen) atoms. The van der Waals surface area contributed by atoms with Crippen LogP contribution in [0.3, 0.4) is 0 Å². The molecule has 0 saturated carbocycles. The van der Waals surface area contributed by atoms with E-state index in [1.807, 2.05) is 26.0 Å². The summed E-state index contributed by atoms with van der Waals surface area (Å²) in [7, 11) is 0. The zero-order valence-electron chi connectivity index (χ0n) is 12.0. The first-order chi connectivity index (χ1) is 9.06. The number of rotatable bonds is 3. The Hall–Kier alpha value is -1.26. The standard InChI is InChI=1S/C15H24N2O2/c1-11(2)19-15-6-4-13(5-7-15)17-10-14(18)9-16-8-12(17)3/h4-7,11-12,14,16,18H,8-10H2,1-3H3. The van der Waals surface area contributed by atoms with Crippen molar-refractivity contribution in [3.8, 4) is 5.75 Å². The molecule has 2 atom stereocenters. The topological polar surface area (TPSA) is 44.7 Å². The van der Waals surface area contributed by atoms with Crippen LogP contribution in [-0.4, -0.2) is 43.0 Å². The third-order valence-corrected chi connectivity index (χ3v) is 3.30. The van der Waals surface area contributed by atoms with Gasteiger partial charge in [0.25, 0.3) is 0 Å². The maximum atomic E-state index is 9.88. The van der Waals surface area contributed by atoms with Crippen molar-refractivity contribution < 1.29 is 9.84 Å². The average molecular weight is 264 g/mol. The van der Waals surface area contributed by atoms with Crippen molar-refractivity contribution in [2.24, 2.45) is 0 Å². The van der Waals surface area contributed by atoms with Crippen LogP contribution in [0.1, 0.15) is 20.8 Å². The van der Waals surface area contributed by atoms with Crippen LogP contribution in [0, 0.1) is 0 Å². The van der Waals surface area contributed by atoms with Crippen molar-refractivity contribution in [2.45, 2.75) is 39.0 Å². The highest BCUT2D eigenvalue weighted by Gasteiger charge is 2.21. The van der Waals surface area contributed by atoms with Crippen LogP contribution in [0.15, 0.2) is 24.3 Å². The molecule has 1 saturated heterocycles. The van der Waals surface area contributed by atoms with Crippen molar-refractivity contribution in [1.82, 2.24) is 5.32 Å². The Morgan fingerprint density at radius 1 is 1.26 bits per heavy atom. The van der Waals surface area contributed by atoms with Gasteiger partial charge in [0.05, 0.1) is 12.2 Å². The maximum Gasteiger partial charge on any atom is 0.119 e. The SMILES string of the molecule is CC(C)Oc1ccc(N2CC(O)CNCC2C)cc1. The second-order valence-electron chi connectivity index (χ2n) is 5.47. The molecule has 1 fully saturated rings. The minimum atomic E-state index is -0.323. The number of ether oxygens (including phenoxy) is 1. The first kappa shape index (κ1) is 14.2. The number of aliphatic hydroxyl groups is 1. The fourth-order valence-corrected chi connectivity index (χ4v) is 2.39. The summed E-state index contributed by atoms with van der Waals surface area (Å²) in [5, 5.41) is 13.2. The molecular weight excluding hydrogens is 240 g/mol. The number of aliphatic hydroxyl groups excluding tert-OH is 1. The highest BCUT2D eigenvalue weighted by Crippen LogP contribution is 2.23. The van der Waals surface area contributed by atoms with E-state index in [2.05, 4.69) is 29.3 Å². The molecule has 0 bridgehead atoms. The second-order valence-corrected chi connectivity index (χ2v) is 5.47. The Morgan fingerprint density at radius 2 is 1.95 bits per heavy atom. The smallest absolute Gasteiger partial charge is 0.119 e. The zero-order chi connectivity index (χ0) is 13.8. The van der Waals surface area contributed by atoms with Crippen molar-refractivity contribution in [3.63, 3.8) is 0 Å². The molecule has 4 nitrogen and oxygen atoms in total. The molecule has 0 aliphatic carbocycles. The Bertz CT molecular complexity index is 392. The number of nitrogens with zero attached hydrogens (tertiary/aromatic N) is 1. The van der Waals surface area contributed by atoms with Gasteiger partial charge in [-0.3, -0.25) is 0 Å². The van der Waals surface area contributed by atoms with E-state index in [1.165, 1.54) is 0 Å². The molecule has 1 aliphatic heterocycles. The fourth-order valence-electron chi connectivity index (χ4n) is 2.39. The Balaban J connectivity index is 2.11. The normalized spacial score (nSPS) is 24.4. The van der Waals surface area contributed by atoms with Gasteiger partial charge in [-0.15, -0.1) is 0 Å². The number of β-amino-alcohol motifs (C(OH)–C–C–N with tert-alkyl or cyclic N) is 1. The molecular formula is C15H24N2O2. The van der Waals surface area contributed by atoms with E-state index < -0.39 is 0 Å². The van der Waals surface area contributed by atoms with E-state index in [9.17, 15) is 5.11 Å². The first-order valence-corrected chi connectivity index (χ1v) is 6.98. The highest BCUT2D eigenvalue weighted by molar-refractivity contribution is 5.50. The molecule has 2 N–H and O–H groups in total. The molecule has 1 heterocycles. The van der Waals surface area contributed by atoms with Crippen LogP contribution in [-0.2, 0) is 0 Å². The van der Waals surface area contributed by atoms with E-state index >= 15 is 0 Å². The van der Waals surface area contributed by atoms with Crippen molar-refractivity contribution in [3.05, 3.63) is 24.3 Å². The third-order valence-electron chi connectivity index (χ3n) is 3.30. The molecule has 2 unspecified atom stereocenters. The van der Waals surface area contributed by atoms with Gasteiger partial charge in [-0.25, -0.2) is 0 Å². The first-order valence-electron chi connectivity index (χ1n) is 6.98. The Morgan fingerprint density at radius 3 is 2.58 bits per heavy atom. The predicted molar refractivity (Wildman–Crippen MR) is 77.9 cm³/mol. The zero-order valence-corrected chi connectivity index (χ0v) is 12.0. The predicted octanol–water partition coefficient (Wildman–Crippen LogP) is 1.63. The summed E-state index contributed by atoms with van der Waals surface area (Å²) in [5.41, 5.74) is 1.13. The summed E-state index contributed by atoms with van der Waals surface area (Å²) in [6.45, 7) is 8.43. The Kier molecular flexibility index (Phi) is 4.66. The number of nitrogens with one attached hydrogen (secondary N) is 1. The molecule has 2 rings (SSSR count). The lowest BCUT2D eigenvalue weighted by Gasteiger charge is -2.30. The van der Waals surface area contributed by atoms with E-state index in [1.54, 1.807) is 0 Å². The average Bonchev–Trinajstić information content (AvgIpc) is 2.52. The minimum Gasteiger partial charge on any atom is -0.491 e. The van der Waals surface area contributed by atoms with Crippen LogP contribution in [0.5, 0.6) is 5.75 Å². The van der Waals surface area contributed by atoms with Crippen molar-refractivity contribution >= 4 is 5.69 Å². The van der Waals surface area contributed by atoms with Crippen LogP contribution in [0.25, 0.3) is 0 Å². The quantitative estimate of drug-likeness (QED) is 0.871. The molecule has 1 aromatic rings. The molecule has 0 amide bonds. The van der Waals surface area contributed by atoms with Gasteiger partial charge in [0.2, 0.25) is 0 Å². The summed E-state index contributed by atoms with van der Waals surface area (Å²) in [6.07, 6.45) is -0.134. The summed E-state index contributed by atoms with van der Waals surface area (Å²) in [5.74, 6) is 0.889. The van der Waals surface area contributed by atoms with Gasteiger partial charge in [0, 0.05) is 31.4 Å². The van der Waals surface area contributed by atoms with Crippen molar-refractivity contribution in [1.29, 1.82) is 0 Å². The van der Waals surface area contributed by atoms with E-state index in [0.29, 0.717) is 19.1 Å². The third kappa shape index (κ3) is 3.85. The molecule has 0 radical (unpaired) electrons. The van der Waals surface area contributed by atoms with Gasteiger partial charge in [-0.05, 0) is 45.0 Å². The van der Waals surface area contributed by atoms with Crippen LogP contribution >= 0.6 is 0 Å². The number of benzene rings is 1. The van der Waals surface area contributed by atoms with Crippen LogP contribution in [0.4, 0.5) is 5.69 Å². The molecule has 1 aromatic carbocycles. The van der Waals surface area contributed by atoms with E-state index in [4.69, 9.17) is 4.74 Å². The van der Waals surface area contributed by atoms with Gasteiger partial charge in [-0.1, -0.05) is 0 Å². The lowest BCUT2D eigenvalue weighted by atomic mass is 10.2. The van der Waals surface area contributed by atoms with E-state index in [-0.39, 0.29) is 12.2 Å². The molecule has 0 aromatic heterocycles. The Labute approximate surface area is 115 Å². The maximum absolute atomic E-state index is 9.88. The largest absolute Gasteiger partial charge is 0.491 e. The summed E-state index contributed by atoms with van der Waals surface area (Å²) in [6, 6.07) is 8.48.